The Kier molecular flexibility index (Phi) is 29.7. The standard InChI is InChI=1S/6C13H24O/c6*1-11(2)12-4-7-13(8-5-12)6-3-9-14-10-13/h6*11-12H,3-10H2,1-2H3. The summed E-state index contributed by atoms with van der Waals surface area (Å²) in [5, 5.41) is 0. The Morgan fingerprint density at radius 3 is 0.393 bits per heavy atom. The summed E-state index contributed by atoms with van der Waals surface area (Å²) >= 11 is 0. The Balaban J connectivity index is 0.000000145. The van der Waals surface area contributed by atoms with Gasteiger partial charge in [0.05, 0.1) is 39.6 Å². The van der Waals surface area contributed by atoms with Crippen LogP contribution in [0, 0.1) is 104 Å². The molecule has 6 heteroatoms. The molecule has 6 aliphatic carbocycles. The first kappa shape index (κ1) is 71.2. The minimum Gasteiger partial charge on any atom is -0.381 e. The quantitative estimate of drug-likeness (QED) is 0.264. The van der Waals surface area contributed by atoms with Crippen LogP contribution < -0.4 is 0 Å². The molecule has 0 bridgehead atoms. The highest BCUT2D eigenvalue weighted by atomic mass is 16.5. The lowest BCUT2D eigenvalue weighted by Gasteiger charge is -2.43. The highest BCUT2D eigenvalue weighted by Gasteiger charge is 2.43. The van der Waals surface area contributed by atoms with Crippen LogP contribution in [-0.2, 0) is 28.4 Å². The molecule has 0 aromatic heterocycles. The van der Waals surface area contributed by atoms with Gasteiger partial charge in [-0.25, -0.2) is 0 Å². The van der Waals surface area contributed by atoms with Crippen LogP contribution in [0.1, 0.15) is 314 Å². The maximum Gasteiger partial charge on any atom is 0.0522 e. The van der Waals surface area contributed by atoms with Crippen molar-refractivity contribution in [2.75, 3.05) is 79.3 Å². The van der Waals surface area contributed by atoms with Crippen LogP contribution in [0.15, 0.2) is 0 Å². The topological polar surface area (TPSA) is 55.4 Å². The number of rotatable bonds is 6. The Morgan fingerprint density at radius 1 is 0.190 bits per heavy atom. The van der Waals surface area contributed by atoms with Crippen LogP contribution in [0.5, 0.6) is 0 Å². The molecule has 492 valence electrons. The smallest absolute Gasteiger partial charge is 0.0522 e. The molecule has 12 aliphatic rings. The molecule has 0 aromatic rings. The van der Waals surface area contributed by atoms with E-state index in [1.54, 1.807) is 0 Å². The molecular formula is C78H144O6. The molecule has 0 aromatic carbocycles. The van der Waals surface area contributed by atoms with Crippen LogP contribution in [-0.4, -0.2) is 79.3 Å². The summed E-state index contributed by atoms with van der Waals surface area (Å²) in [4.78, 5) is 0. The molecular weight excluding hydrogens is 1030 g/mol. The molecule has 6 heterocycles. The van der Waals surface area contributed by atoms with Crippen molar-refractivity contribution < 1.29 is 28.4 Å². The lowest BCUT2D eigenvalue weighted by Crippen LogP contribution is -2.36. The Labute approximate surface area is 522 Å². The van der Waals surface area contributed by atoms with E-state index >= 15 is 0 Å². The largest absolute Gasteiger partial charge is 0.381 e. The van der Waals surface area contributed by atoms with Crippen LogP contribution in [0.2, 0.25) is 0 Å². The van der Waals surface area contributed by atoms with Gasteiger partial charge in [-0.15, -0.1) is 0 Å². The summed E-state index contributed by atoms with van der Waals surface area (Å²) < 4.78 is 34.0. The van der Waals surface area contributed by atoms with Crippen molar-refractivity contribution in [3.63, 3.8) is 0 Å². The fraction of sp³-hybridized carbons (Fsp3) is 1.00. The summed E-state index contributed by atoms with van der Waals surface area (Å²) in [6.07, 6.45) is 50.8. The summed E-state index contributed by atoms with van der Waals surface area (Å²) in [5.41, 5.74) is 3.60. The van der Waals surface area contributed by atoms with Crippen molar-refractivity contribution in [3.05, 3.63) is 0 Å². The van der Waals surface area contributed by atoms with E-state index < -0.39 is 0 Å². The molecule has 84 heavy (non-hydrogen) atoms. The summed E-state index contributed by atoms with van der Waals surface area (Å²) in [5.74, 6) is 11.2. The van der Waals surface area contributed by atoms with Gasteiger partial charge >= 0.3 is 0 Å². The monoisotopic (exact) mass is 1180 g/mol. The van der Waals surface area contributed by atoms with E-state index in [-0.39, 0.29) is 0 Å². The van der Waals surface area contributed by atoms with Gasteiger partial charge < -0.3 is 28.4 Å². The second-order valence-corrected chi connectivity index (χ2v) is 34.4. The zero-order valence-electron chi connectivity index (χ0n) is 58.3. The second-order valence-electron chi connectivity index (χ2n) is 34.4. The molecule has 0 N–H and O–H groups in total. The van der Waals surface area contributed by atoms with Crippen LogP contribution >= 0.6 is 0 Å². The van der Waals surface area contributed by atoms with Gasteiger partial charge in [-0.2, -0.15) is 0 Å². The molecule has 6 saturated carbocycles. The van der Waals surface area contributed by atoms with E-state index in [2.05, 4.69) is 83.1 Å². The van der Waals surface area contributed by atoms with Gasteiger partial charge in [0, 0.05) is 39.6 Å². The number of hydrogen-bond donors (Lipinski definition) is 0. The van der Waals surface area contributed by atoms with Gasteiger partial charge in [0.15, 0.2) is 0 Å². The lowest BCUT2D eigenvalue weighted by atomic mass is 9.66. The van der Waals surface area contributed by atoms with Crippen molar-refractivity contribution in [2.24, 2.45) is 104 Å². The Bertz CT molecular complexity index is 1340. The molecule has 0 atom stereocenters. The normalized spacial score (nSPS) is 39.2. The Hall–Kier alpha value is -0.240. The summed E-state index contributed by atoms with van der Waals surface area (Å²) in [7, 11) is 0. The van der Waals surface area contributed by atoms with E-state index in [1.165, 1.54) is 231 Å². The average Bonchev–Trinajstić information content (AvgIpc) is 3.59. The maximum absolute atomic E-state index is 5.66. The van der Waals surface area contributed by atoms with Gasteiger partial charge in [0.1, 0.15) is 0 Å². The zero-order chi connectivity index (χ0) is 60.1. The fourth-order valence-electron chi connectivity index (χ4n) is 19.3. The zero-order valence-corrected chi connectivity index (χ0v) is 58.3. The molecule has 0 amide bonds. The Morgan fingerprint density at radius 2 is 0.310 bits per heavy atom. The first-order valence-electron chi connectivity index (χ1n) is 37.8. The molecule has 0 radical (unpaired) electrons. The van der Waals surface area contributed by atoms with Crippen molar-refractivity contribution in [3.8, 4) is 0 Å². The first-order chi connectivity index (χ1) is 40.3. The third kappa shape index (κ3) is 22.0. The lowest BCUT2D eigenvalue weighted by molar-refractivity contribution is -0.0390. The van der Waals surface area contributed by atoms with Gasteiger partial charge in [0.25, 0.3) is 0 Å². The molecule has 12 fully saturated rings. The highest BCUT2D eigenvalue weighted by molar-refractivity contribution is 4.93. The minimum atomic E-state index is 0.601. The van der Waals surface area contributed by atoms with Gasteiger partial charge in [0.2, 0.25) is 0 Å². The van der Waals surface area contributed by atoms with Crippen molar-refractivity contribution >= 4 is 0 Å². The van der Waals surface area contributed by atoms with E-state index in [0.717, 1.165) is 150 Å². The molecule has 12 rings (SSSR count). The van der Waals surface area contributed by atoms with E-state index in [9.17, 15) is 0 Å². The van der Waals surface area contributed by atoms with Gasteiger partial charge in [-0.1, -0.05) is 83.1 Å². The summed E-state index contributed by atoms with van der Waals surface area (Å²) in [6, 6.07) is 0. The SMILES string of the molecule is CC(C)C1CCC2(CCCOC2)CC1.CC(C)C1CCC2(CCCOC2)CC1.CC(C)C1CCC2(CCCOC2)CC1.CC(C)C1CCC2(CCCOC2)CC1.CC(C)C1CCC2(CCCOC2)CC1.CC(C)C1CCC2(CCCOC2)CC1. The van der Waals surface area contributed by atoms with E-state index in [0.29, 0.717) is 32.5 Å². The number of hydrogen-bond acceptors (Lipinski definition) is 6. The van der Waals surface area contributed by atoms with Crippen molar-refractivity contribution in [1.29, 1.82) is 0 Å². The average molecular weight is 1180 g/mol. The van der Waals surface area contributed by atoms with Crippen molar-refractivity contribution in [2.45, 2.75) is 314 Å². The predicted molar refractivity (Wildman–Crippen MR) is 356 cm³/mol. The van der Waals surface area contributed by atoms with E-state index in [4.69, 9.17) is 28.4 Å². The third-order valence-electron chi connectivity index (χ3n) is 26.6. The minimum absolute atomic E-state index is 0.601. The highest BCUT2D eigenvalue weighted by Crippen LogP contribution is 2.51. The second kappa shape index (κ2) is 35.0. The van der Waals surface area contributed by atoms with Crippen LogP contribution in [0.3, 0.4) is 0 Å². The molecule has 0 unspecified atom stereocenters. The van der Waals surface area contributed by atoms with Crippen LogP contribution in [0.4, 0.5) is 0 Å². The third-order valence-corrected chi connectivity index (χ3v) is 26.6. The molecule has 6 spiro atoms. The van der Waals surface area contributed by atoms with Crippen molar-refractivity contribution in [1.82, 2.24) is 0 Å². The number of ether oxygens (including phenoxy) is 6. The maximum atomic E-state index is 5.66. The molecule has 6 nitrogen and oxygen atoms in total. The van der Waals surface area contributed by atoms with Gasteiger partial charge in [-0.05, 0) is 335 Å². The summed E-state index contributed by atoms with van der Waals surface area (Å²) in [6.45, 7) is 40.9. The van der Waals surface area contributed by atoms with Gasteiger partial charge in [-0.3, -0.25) is 0 Å². The van der Waals surface area contributed by atoms with Crippen LogP contribution in [0.25, 0.3) is 0 Å². The fourth-order valence-corrected chi connectivity index (χ4v) is 19.3. The predicted octanol–water partition coefficient (Wildman–Crippen LogP) is 21.8. The van der Waals surface area contributed by atoms with E-state index in [1.807, 2.05) is 0 Å². The molecule has 6 saturated heterocycles. The first-order valence-corrected chi connectivity index (χ1v) is 37.8. The molecule has 6 aliphatic heterocycles.